The quantitative estimate of drug-likeness (QED) is 0.534. The van der Waals surface area contributed by atoms with Gasteiger partial charge in [0, 0.05) is 44.0 Å². The molecule has 0 saturated carbocycles. The molecule has 2 rings (SSSR count). The van der Waals surface area contributed by atoms with Crippen molar-refractivity contribution < 1.29 is 0 Å². The maximum absolute atomic E-state index is 4.20. The van der Waals surface area contributed by atoms with Gasteiger partial charge in [-0.05, 0) is 19.2 Å². The standard InChI is InChI=1S/C13H20N6/c1-14-7-8-17-13-9-12(18-10-19-13)16-6-4-11-3-2-5-15-11/h2-3,5,9-10,14-15H,4,6-8H2,1H3,(H2,16,17,18,19). The van der Waals surface area contributed by atoms with Crippen LogP contribution in [-0.4, -0.2) is 41.6 Å². The molecule has 0 radical (unpaired) electrons. The Morgan fingerprint density at radius 1 is 1.11 bits per heavy atom. The Hall–Kier alpha value is -2.08. The highest BCUT2D eigenvalue weighted by molar-refractivity contribution is 5.46. The molecule has 0 atom stereocenters. The zero-order chi connectivity index (χ0) is 13.3. The number of nitrogens with zero attached hydrogens (tertiary/aromatic N) is 2. The molecule has 0 bridgehead atoms. The number of aromatic nitrogens is 3. The van der Waals surface area contributed by atoms with Crippen LogP contribution < -0.4 is 16.0 Å². The Morgan fingerprint density at radius 3 is 2.58 bits per heavy atom. The number of H-pyrrole nitrogens is 1. The van der Waals surface area contributed by atoms with E-state index in [4.69, 9.17) is 0 Å². The van der Waals surface area contributed by atoms with E-state index in [1.807, 2.05) is 25.4 Å². The van der Waals surface area contributed by atoms with Gasteiger partial charge >= 0.3 is 0 Å². The van der Waals surface area contributed by atoms with Crippen molar-refractivity contribution in [2.24, 2.45) is 0 Å². The molecule has 2 aromatic rings. The summed E-state index contributed by atoms with van der Waals surface area (Å²) in [6.07, 6.45) is 4.45. The molecule has 0 aliphatic rings. The first-order valence-corrected chi connectivity index (χ1v) is 6.45. The number of aromatic amines is 1. The second-order valence-electron chi connectivity index (χ2n) is 4.19. The first kappa shape index (κ1) is 13.4. The lowest BCUT2D eigenvalue weighted by atomic mass is 10.3. The summed E-state index contributed by atoms with van der Waals surface area (Å²) in [6.45, 7) is 2.59. The van der Waals surface area contributed by atoms with Crippen molar-refractivity contribution in [3.05, 3.63) is 36.4 Å². The Labute approximate surface area is 113 Å². The predicted octanol–water partition coefficient (Wildman–Crippen LogP) is 1.09. The first-order chi connectivity index (χ1) is 9.38. The lowest BCUT2D eigenvalue weighted by molar-refractivity contribution is 0.820. The van der Waals surface area contributed by atoms with Crippen LogP contribution >= 0.6 is 0 Å². The molecule has 0 spiro atoms. The SMILES string of the molecule is CNCCNc1cc(NCCc2ccc[nH]2)ncn1. The fraction of sp³-hybridized carbons (Fsp3) is 0.385. The molecule has 0 aliphatic heterocycles. The van der Waals surface area contributed by atoms with Crippen LogP contribution in [0.1, 0.15) is 5.69 Å². The Morgan fingerprint density at radius 2 is 1.89 bits per heavy atom. The van der Waals surface area contributed by atoms with Gasteiger partial charge in [0.05, 0.1) is 0 Å². The van der Waals surface area contributed by atoms with Gasteiger partial charge < -0.3 is 20.9 Å². The number of likely N-dealkylation sites (N-methyl/N-ethyl adjacent to an activating group) is 1. The minimum absolute atomic E-state index is 0.840. The van der Waals surface area contributed by atoms with E-state index in [9.17, 15) is 0 Å². The molecule has 2 heterocycles. The third-order valence-electron chi connectivity index (χ3n) is 2.71. The van der Waals surface area contributed by atoms with E-state index in [1.165, 1.54) is 5.69 Å². The van der Waals surface area contributed by atoms with Crippen LogP contribution in [0.2, 0.25) is 0 Å². The normalized spacial score (nSPS) is 10.4. The molecular formula is C13H20N6. The van der Waals surface area contributed by atoms with Crippen LogP contribution in [0.25, 0.3) is 0 Å². The van der Waals surface area contributed by atoms with Crippen molar-refractivity contribution in [2.45, 2.75) is 6.42 Å². The summed E-state index contributed by atoms with van der Waals surface area (Å²) in [5.74, 6) is 1.68. The molecule has 6 heteroatoms. The van der Waals surface area contributed by atoms with Gasteiger partial charge in [0.1, 0.15) is 18.0 Å². The van der Waals surface area contributed by atoms with E-state index in [-0.39, 0.29) is 0 Å². The summed E-state index contributed by atoms with van der Waals surface area (Å²) in [4.78, 5) is 11.5. The second kappa shape index (κ2) is 7.38. The maximum Gasteiger partial charge on any atom is 0.131 e. The van der Waals surface area contributed by atoms with Crippen molar-refractivity contribution in [3.63, 3.8) is 0 Å². The highest BCUT2D eigenvalue weighted by Gasteiger charge is 1.98. The van der Waals surface area contributed by atoms with Crippen molar-refractivity contribution in [2.75, 3.05) is 37.3 Å². The Balaban J connectivity index is 1.78. The van der Waals surface area contributed by atoms with Gasteiger partial charge in [-0.3, -0.25) is 0 Å². The van der Waals surface area contributed by atoms with Gasteiger partial charge in [-0.1, -0.05) is 0 Å². The molecule has 19 heavy (non-hydrogen) atoms. The van der Waals surface area contributed by atoms with Crippen LogP contribution in [0.5, 0.6) is 0 Å². The zero-order valence-electron chi connectivity index (χ0n) is 11.1. The van der Waals surface area contributed by atoms with Gasteiger partial charge in [0.2, 0.25) is 0 Å². The highest BCUT2D eigenvalue weighted by atomic mass is 15.1. The minimum Gasteiger partial charge on any atom is -0.370 e. The molecule has 0 fully saturated rings. The summed E-state index contributed by atoms with van der Waals surface area (Å²) in [5, 5.41) is 9.59. The van der Waals surface area contributed by atoms with E-state index in [0.717, 1.165) is 37.7 Å². The van der Waals surface area contributed by atoms with E-state index in [1.54, 1.807) is 6.33 Å². The fourth-order valence-electron chi connectivity index (χ4n) is 1.71. The van der Waals surface area contributed by atoms with Gasteiger partial charge in [-0.2, -0.15) is 0 Å². The lowest BCUT2D eigenvalue weighted by Gasteiger charge is -2.08. The van der Waals surface area contributed by atoms with E-state index in [2.05, 4.69) is 37.0 Å². The number of nitrogens with one attached hydrogen (secondary N) is 4. The summed E-state index contributed by atoms with van der Waals surface area (Å²) in [6, 6.07) is 6.00. The van der Waals surface area contributed by atoms with Crippen molar-refractivity contribution in [1.82, 2.24) is 20.3 Å². The van der Waals surface area contributed by atoms with Crippen LogP contribution in [0.15, 0.2) is 30.7 Å². The van der Waals surface area contributed by atoms with E-state index < -0.39 is 0 Å². The van der Waals surface area contributed by atoms with E-state index in [0.29, 0.717) is 0 Å². The van der Waals surface area contributed by atoms with Gasteiger partial charge in [-0.25, -0.2) is 9.97 Å². The molecule has 102 valence electrons. The highest BCUT2D eigenvalue weighted by Crippen LogP contribution is 2.08. The molecular weight excluding hydrogens is 240 g/mol. The average Bonchev–Trinajstić information content (AvgIpc) is 2.93. The van der Waals surface area contributed by atoms with Crippen LogP contribution in [0.3, 0.4) is 0 Å². The maximum atomic E-state index is 4.20. The molecule has 0 amide bonds. The van der Waals surface area contributed by atoms with Crippen LogP contribution in [0.4, 0.5) is 11.6 Å². The third-order valence-corrected chi connectivity index (χ3v) is 2.71. The number of rotatable bonds is 8. The minimum atomic E-state index is 0.840. The van der Waals surface area contributed by atoms with E-state index >= 15 is 0 Å². The smallest absolute Gasteiger partial charge is 0.131 e. The molecule has 2 aromatic heterocycles. The number of anilines is 2. The zero-order valence-corrected chi connectivity index (χ0v) is 11.1. The summed E-state index contributed by atoms with van der Waals surface area (Å²) in [5.41, 5.74) is 1.22. The van der Waals surface area contributed by atoms with Gasteiger partial charge in [-0.15, -0.1) is 0 Å². The number of hydrogen-bond donors (Lipinski definition) is 4. The topological polar surface area (TPSA) is 77.7 Å². The Bertz CT molecular complexity index is 468. The summed E-state index contributed by atoms with van der Waals surface area (Å²) < 4.78 is 0. The van der Waals surface area contributed by atoms with Crippen molar-refractivity contribution in [3.8, 4) is 0 Å². The monoisotopic (exact) mass is 260 g/mol. The summed E-state index contributed by atoms with van der Waals surface area (Å²) in [7, 11) is 1.93. The predicted molar refractivity (Wildman–Crippen MR) is 77.4 cm³/mol. The lowest BCUT2D eigenvalue weighted by Crippen LogP contribution is -2.18. The number of hydrogen-bond acceptors (Lipinski definition) is 5. The largest absolute Gasteiger partial charge is 0.370 e. The molecule has 0 saturated heterocycles. The van der Waals surface area contributed by atoms with Gasteiger partial charge in [0.25, 0.3) is 0 Å². The second-order valence-corrected chi connectivity index (χ2v) is 4.19. The molecule has 4 N–H and O–H groups in total. The average molecular weight is 260 g/mol. The summed E-state index contributed by atoms with van der Waals surface area (Å²) >= 11 is 0. The fourth-order valence-corrected chi connectivity index (χ4v) is 1.71. The molecule has 0 unspecified atom stereocenters. The van der Waals surface area contributed by atoms with Crippen LogP contribution in [0, 0.1) is 0 Å². The third kappa shape index (κ3) is 4.59. The van der Waals surface area contributed by atoms with Crippen molar-refractivity contribution in [1.29, 1.82) is 0 Å². The molecule has 0 aromatic carbocycles. The van der Waals surface area contributed by atoms with Crippen molar-refractivity contribution >= 4 is 11.6 Å². The van der Waals surface area contributed by atoms with Crippen LogP contribution in [-0.2, 0) is 6.42 Å². The Kier molecular flexibility index (Phi) is 5.18. The molecule has 0 aliphatic carbocycles. The first-order valence-electron chi connectivity index (χ1n) is 6.45. The van der Waals surface area contributed by atoms with Gasteiger partial charge in [0.15, 0.2) is 0 Å². The molecule has 6 nitrogen and oxygen atoms in total.